The van der Waals surface area contributed by atoms with Crippen LogP contribution in [0.25, 0.3) is 5.57 Å². The van der Waals surface area contributed by atoms with Crippen LogP contribution >= 0.6 is 20.6 Å². The van der Waals surface area contributed by atoms with Crippen molar-refractivity contribution in [1.82, 2.24) is 0 Å². The van der Waals surface area contributed by atoms with E-state index < -0.39 is 20.0 Å². The topological polar surface area (TPSA) is 78.4 Å². The third-order valence-corrected chi connectivity index (χ3v) is 7.15. The molecule has 0 fully saturated rings. The molecule has 1 aromatic carbocycles. The number of halogens is 1. The molecule has 0 radical (unpaired) electrons. The first-order chi connectivity index (χ1) is 8.38. The summed E-state index contributed by atoms with van der Waals surface area (Å²) in [4.78, 5) is 1.73. The van der Waals surface area contributed by atoms with E-state index in [4.69, 9.17) is 0 Å². The van der Waals surface area contributed by atoms with E-state index in [1.807, 2.05) is 37.3 Å². The van der Waals surface area contributed by atoms with E-state index >= 15 is 0 Å². The van der Waals surface area contributed by atoms with Gasteiger partial charge in [0.15, 0.2) is 9.80 Å². The molecule has 18 heavy (non-hydrogen) atoms. The quantitative estimate of drug-likeness (QED) is 0.595. The van der Waals surface area contributed by atoms with Crippen LogP contribution in [0.3, 0.4) is 0 Å². The maximum absolute atomic E-state index is 10.6. The smallest absolute Gasteiger partial charge is 0.175 e. The summed E-state index contributed by atoms with van der Waals surface area (Å²) in [6.07, 6.45) is 0. The summed E-state index contributed by atoms with van der Waals surface area (Å²) in [6.45, 7) is 3.68. The fourth-order valence-corrected chi connectivity index (χ4v) is 6.30. The lowest BCUT2D eigenvalue weighted by molar-refractivity contribution is -1.91. The molecule has 0 aromatic heterocycles. The van der Waals surface area contributed by atoms with Crippen LogP contribution in [0, 0.1) is 10.2 Å². The highest BCUT2D eigenvalue weighted by molar-refractivity contribution is 8.84. The minimum Gasteiger partial charge on any atom is -0.182 e. The zero-order valence-electron chi connectivity index (χ0n) is 9.71. The predicted molar refractivity (Wildman–Crippen MR) is 66.0 cm³/mol. The van der Waals surface area contributed by atoms with Crippen LogP contribution in [-0.2, 0) is 3.74 Å². The lowest BCUT2D eigenvalue weighted by Crippen LogP contribution is -2.60. The van der Waals surface area contributed by atoms with Gasteiger partial charge in [0.1, 0.15) is 3.74 Å². The predicted octanol–water partition coefficient (Wildman–Crippen LogP) is 0.369. The van der Waals surface area contributed by atoms with E-state index in [1.165, 1.54) is 10.8 Å². The van der Waals surface area contributed by atoms with E-state index in [1.54, 1.807) is 6.92 Å². The molecule has 0 saturated heterocycles. The fourth-order valence-electron chi connectivity index (χ4n) is 1.69. The number of rotatable bonds is 3. The molecule has 0 aliphatic carbocycles. The third-order valence-electron chi connectivity index (χ3n) is 2.35. The average molecular weight is 307 g/mol. The second-order valence-corrected chi connectivity index (χ2v) is 8.14. The van der Waals surface area contributed by atoms with E-state index in [0.29, 0.717) is 0 Å². The summed E-state index contributed by atoms with van der Waals surface area (Å²) >= 11 is 0. The van der Waals surface area contributed by atoms with E-state index in [9.17, 15) is 14.0 Å². The molecular formula is C11H11ClO4S2. The molecule has 0 bridgehead atoms. The van der Waals surface area contributed by atoms with Gasteiger partial charge in [-0.15, -0.1) is 0 Å². The molecule has 4 nitrogen and oxygen atoms in total. The van der Waals surface area contributed by atoms with Crippen LogP contribution in [0.4, 0.5) is 0 Å². The van der Waals surface area contributed by atoms with Crippen LogP contribution in [0.15, 0.2) is 35.2 Å². The Bertz CT molecular complexity index is 520. The molecule has 1 atom stereocenters. The summed E-state index contributed by atoms with van der Waals surface area (Å²) in [7, 11) is -4.19. The van der Waals surface area contributed by atoms with Crippen LogP contribution < -0.4 is 14.0 Å². The first-order valence-electron chi connectivity index (χ1n) is 5.02. The van der Waals surface area contributed by atoms with Crippen molar-refractivity contribution in [3.05, 3.63) is 40.8 Å². The highest BCUT2D eigenvalue weighted by Crippen LogP contribution is 2.51. The van der Waals surface area contributed by atoms with Gasteiger partial charge in [0.2, 0.25) is 0 Å². The molecule has 7 heteroatoms. The van der Waals surface area contributed by atoms with Gasteiger partial charge in [-0.2, -0.15) is 14.0 Å². The Kier molecular flexibility index (Phi) is 4.18. The SMILES string of the molecule is CC1=C(c2ccccc2)C(C)=S(O[Cl+3]([O-])([O-])[O-])S1. The van der Waals surface area contributed by atoms with Crippen LogP contribution in [0.2, 0.25) is 0 Å². The Morgan fingerprint density at radius 2 is 1.72 bits per heavy atom. The van der Waals surface area contributed by atoms with Crippen LogP contribution in [0.5, 0.6) is 0 Å². The minimum atomic E-state index is -4.40. The van der Waals surface area contributed by atoms with Gasteiger partial charge >= 0.3 is 0 Å². The third kappa shape index (κ3) is 3.16. The molecular weight excluding hydrogens is 296 g/mol. The Morgan fingerprint density at radius 1 is 1.11 bits per heavy atom. The highest BCUT2D eigenvalue weighted by atomic mass is 35.7. The maximum atomic E-state index is 10.6. The molecule has 1 aromatic rings. The molecule has 0 spiro atoms. The normalized spacial score (nSPS) is 20.7. The van der Waals surface area contributed by atoms with Gasteiger partial charge in [0.25, 0.3) is 0 Å². The van der Waals surface area contributed by atoms with Gasteiger partial charge in [-0.05, 0) is 30.2 Å². The van der Waals surface area contributed by atoms with E-state index in [-0.39, 0.29) is 0 Å². The zero-order valence-corrected chi connectivity index (χ0v) is 12.1. The van der Waals surface area contributed by atoms with Gasteiger partial charge in [-0.3, -0.25) is 0 Å². The van der Waals surface area contributed by atoms with Crippen molar-refractivity contribution in [3.8, 4) is 0 Å². The van der Waals surface area contributed by atoms with Crippen molar-refractivity contribution in [2.24, 2.45) is 0 Å². The summed E-state index contributed by atoms with van der Waals surface area (Å²) in [6, 6.07) is 9.62. The number of allylic oxidation sites excluding steroid dienone is 2. The Morgan fingerprint density at radius 3 is 2.28 bits per heavy atom. The van der Waals surface area contributed by atoms with E-state index in [0.717, 1.165) is 20.9 Å². The lowest BCUT2D eigenvalue weighted by atomic mass is 10.0. The summed E-state index contributed by atoms with van der Waals surface area (Å²) < 4.78 is 36.5. The number of benzene rings is 1. The van der Waals surface area contributed by atoms with Crippen molar-refractivity contribution in [1.29, 1.82) is 0 Å². The number of hydrogen-bond acceptors (Lipinski definition) is 5. The maximum Gasteiger partial charge on any atom is 0.175 e. The molecule has 0 amide bonds. The van der Waals surface area contributed by atoms with Crippen molar-refractivity contribution in [3.63, 3.8) is 0 Å². The highest BCUT2D eigenvalue weighted by Gasteiger charge is 2.31. The average Bonchev–Trinajstić information content (AvgIpc) is 2.53. The van der Waals surface area contributed by atoms with Gasteiger partial charge in [-0.1, -0.05) is 30.3 Å². The first kappa shape index (κ1) is 14.1. The van der Waals surface area contributed by atoms with Crippen LogP contribution in [0.1, 0.15) is 19.4 Å². The Hall–Kier alpha value is -0.340. The Balaban J connectivity index is 2.34. The molecule has 98 valence electrons. The monoisotopic (exact) mass is 306 g/mol. The second kappa shape index (κ2) is 5.34. The molecule has 1 aliphatic heterocycles. The van der Waals surface area contributed by atoms with Gasteiger partial charge in [0.05, 0.1) is 10.2 Å². The minimum absolute atomic E-state index is 0.774. The van der Waals surface area contributed by atoms with E-state index in [2.05, 4.69) is 3.74 Å². The fraction of sp³-hybridized carbons (Fsp3) is 0.182. The second-order valence-electron chi connectivity index (χ2n) is 3.61. The van der Waals surface area contributed by atoms with Gasteiger partial charge in [-0.25, -0.2) is 0 Å². The van der Waals surface area contributed by atoms with Gasteiger partial charge < -0.3 is 0 Å². The lowest BCUT2D eigenvalue weighted by Gasteiger charge is -2.12. The van der Waals surface area contributed by atoms with Crippen molar-refractivity contribution in [2.45, 2.75) is 13.8 Å². The zero-order chi connectivity index (χ0) is 13.3. The van der Waals surface area contributed by atoms with Gasteiger partial charge in [0, 0.05) is 15.3 Å². The van der Waals surface area contributed by atoms with Crippen molar-refractivity contribution < 1.29 is 28.0 Å². The molecule has 1 aliphatic rings. The molecule has 0 saturated carbocycles. The molecule has 2 rings (SSSR count). The molecule has 0 N–H and O–H groups in total. The number of hydrogen-bond donors (Lipinski definition) is 0. The first-order valence-corrected chi connectivity index (χ1v) is 8.74. The summed E-state index contributed by atoms with van der Waals surface area (Å²) in [5, 5.41) is 0. The largest absolute Gasteiger partial charge is 0.182 e. The summed E-state index contributed by atoms with van der Waals surface area (Å²) in [5.41, 5.74) is 1.96. The van der Waals surface area contributed by atoms with Crippen LogP contribution in [-0.4, -0.2) is 4.86 Å². The Labute approximate surface area is 114 Å². The summed E-state index contributed by atoms with van der Waals surface area (Å²) in [5.74, 6) is 0. The molecule has 1 heterocycles. The molecule has 1 unspecified atom stereocenters. The van der Waals surface area contributed by atoms with Crippen molar-refractivity contribution >= 4 is 31.0 Å². The standard InChI is InChI=1S/C11H11ClO4S2/c1-8-11(10-6-4-3-5-7-10)9(2)18(17-8)16-12(13,14)15/h3-7H,1-2H3. The van der Waals surface area contributed by atoms with Crippen molar-refractivity contribution in [2.75, 3.05) is 0 Å².